The standard InChI is InChI=1S/C28H28FN3O6/c1-17-18(2)23(38-27-19-14-25(34-3)26(35-4)15-22(19)30-16-31-27)11-10-21(17)32-28(33)37-13-7-12-36-24-9-6-5-8-20(24)29/h5-6,8-11,14-16H,7,12-13H2,1-4H3,(H,32,33). The van der Waals surface area contributed by atoms with Crippen molar-refractivity contribution in [3.8, 4) is 28.9 Å². The van der Waals surface area contributed by atoms with Crippen molar-refractivity contribution in [2.45, 2.75) is 20.3 Å². The normalized spacial score (nSPS) is 10.7. The number of anilines is 1. The van der Waals surface area contributed by atoms with E-state index in [1.54, 1.807) is 56.7 Å². The molecule has 1 heterocycles. The van der Waals surface area contributed by atoms with Crippen molar-refractivity contribution < 1.29 is 32.9 Å². The number of hydrogen-bond acceptors (Lipinski definition) is 8. The lowest BCUT2D eigenvalue weighted by Crippen LogP contribution is -2.16. The van der Waals surface area contributed by atoms with Crippen molar-refractivity contribution in [3.63, 3.8) is 0 Å². The Bertz CT molecular complexity index is 1450. The van der Waals surface area contributed by atoms with Gasteiger partial charge in [0.1, 0.15) is 12.1 Å². The van der Waals surface area contributed by atoms with E-state index in [-0.39, 0.29) is 19.0 Å². The number of benzene rings is 3. The average Bonchev–Trinajstić information content (AvgIpc) is 2.93. The molecule has 4 aromatic rings. The Balaban J connectivity index is 1.38. The molecule has 1 N–H and O–H groups in total. The first-order valence-corrected chi connectivity index (χ1v) is 11.9. The molecule has 4 rings (SSSR count). The minimum absolute atomic E-state index is 0.120. The zero-order valence-corrected chi connectivity index (χ0v) is 21.5. The Labute approximate surface area is 219 Å². The van der Waals surface area contributed by atoms with Crippen molar-refractivity contribution >= 4 is 22.7 Å². The largest absolute Gasteiger partial charge is 0.493 e. The lowest BCUT2D eigenvalue weighted by Gasteiger charge is -2.16. The van der Waals surface area contributed by atoms with Crippen LogP contribution in [0.2, 0.25) is 0 Å². The van der Waals surface area contributed by atoms with Crippen LogP contribution in [0.1, 0.15) is 17.5 Å². The van der Waals surface area contributed by atoms with Crippen molar-refractivity contribution in [1.82, 2.24) is 9.97 Å². The van der Waals surface area contributed by atoms with Crippen LogP contribution in [0.3, 0.4) is 0 Å². The van der Waals surface area contributed by atoms with E-state index in [0.717, 1.165) is 11.1 Å². The number of aromatic nitrogens is 2. The van der Waals surface area contributed by atoms with Gasteiger partial charge in [-0.15, -0.1) is 0 Å². The Kier molecular flexibility index (Phi) is 8.42. The van der Waals surface area contributed by atoms with Gasteiger partial charge in [0.05, 0.1) is 38.3 Å². The van der Waals surface area contributed by atoms with E-state index in [1.807, 2.05) is 13.8 Å². The number of rotatable bonds is 10. The molecule has 0 aliphatic carbocycles. The fourth-order valence-electron chi connectivity index (χ4n) is 3.70. The summed E-state index contributed by atoms with van der Waals surface area (Å²) in [4.78, 5) is 20.9. The molecule has 0 aliphatic rings. The van der Waals surface area contributed by atoms with E-state index < -0.39 is 11.9 Å². The number of hydrogen-bond donors (Lipinski definition) is 1. The second kappa shape index (κ2) is 12.1. The van der Waals surface area contributed by atoms with Crippen molar-refractivity contribution in [1.29, 1.82) is 0 Å². The van der Waals surface area contributed by atoms with E-state index >= 15 is 0 Å². The summed E-state index contributed by atoms with van der Waals surface area (Å²) in [5.74, 6) is 1.75. The molecule has 0 radical (unpaired) electrons. The van der Waals surface area contributed by atoms with Crippen LogP contribution in [0, 0.1) is 19.7 Å². The summed E-state index contributed by atoms with van der Waals surface area (Å²) in [5.41, 5.74) is 2.84. The van der Waals surface area contributed by atoms with Crippen LogP contribution in [0.15, 0.2) is 54.9 Å². The molecule has 1 aromatic heterocycles. The maximum atomic E-state index is 13.6. The molecule has 0 spiro atoms. The maximum Gasteiger partial charge on any atom is 0.411 e. The number of carbonyl (C=O) groups excluding carboxylic acids is 1. The molecule has 0 bridgehead atoms. The fourth-order valence-corrected chi connectivity index (χ4v) is 3.70. The summed E-state index contributed by atoms with van der Waals surface area (Å²) in [6, 6.07) is 13.1. The van der Waals surface area contributed by atoms with E-state index in [1.165, 1.54) is 12.4 Å². The Morgan fingerprint density at radius 3 is 2.42 bits per heavy atom. The number of fused-ring (bicyclic) bond motifs is 1. The molecule has 0 unspecified atom stereocenters. The van der Waals surface area contributed by atoms with Crippen LogP contribution >= 0.6 is 0 Å². The monoisotopic (exact) mass is 521 g/mol. The predicted molar refractivity (Wildman–Crippen MR) is 140 cm³/mol. The maximum absolute atomic E-state index is 13.6. The molecule has 0 saturated heterocycles. The number of para-hydroxylation sites is 1. The second-order valence-corrected chi connectivity index (χ2v) is 8.26. The van der Waals surface area contributed by atoms with Gasteiger partial charge in [-0.1, -0.05) is 12.1 Å². The SMILES string of the molecule is COc1cc2ncnc(Oc3ccc(NC(=O)OCCCOc4ccccc4F)c(C)c3C)c2cc1OC. The Hall–Kier alpha value is -4.60. The zero-order valence-electron chi connectivity index (χ0n) is 21.5. The van der Waals surface area contributed by atoms with E-state index in [4.69, 9.17) is 23.7 Å². The summed E-state index contributed by atoms with van der Waals surface area (Å²) in [6.45, 7) is 4.09. The van der Waals surface area contributed by atoms with Crippen LogP contribution in [-0.4, -0.2) is 43.5 Å². The first kappa shape index (κ1) is 26.5. The Morgan fingerprint density at radius 2 is 1.66 bits per heavy atom. The van der Waals surface area contributed by atoms with Crippen molar-refractivity contribution in [2.24, 2.45) is 0 Å². The molecule has 10 heteroatoms. The highest BCUT2D eigenvalue weighted by atomic mass is 19.1. The zero-order chi connectivity index (χ0) is 27.1. The highest BCUT2D eigenvalue weighted by molar-refractivity contribution is 5.88. The van der Waals surface area contributed by atoms with E-state index in [0.29, 0.717) is 46.1 Å². The third-order valence-electron chi connectivity index (χ3n) is 5.90. The summed E-state index contributed by atoms with van der Waals surface area (Å²) < 4.78 is 41.1. The molecule has 0 atom stereocenters. The first-order valence-electron chi connectivity index (χ1n) is 11.9. The highest BCUT2D eigenvalue weighted by Gasteiger charge is 2.16. The van der Waals surface area contributed by atoms with Gasteiger partial charge in [-0.3, -0.25) is 5.32 Å². The lowest BCUT2D eigenvalue weighted by molar-refractivity contribution is 0.151. The minimum Gasteiger partial charge on any atom is -0.493 e. The lowest BCUT2D eigenvalue weighted by atomic mass is 10.1. The van der Waals surface area contributed by atoms with Crippen LogP contribution in [-0.2, 0) is 4.74 Å². The van der Waals surface area contributed by atoms with Crippen molar-refractivity contribution in [3.05, 3.63) is 71.8 Å². The third kappa shape index (κ3) is 6.03. The molecule has 38 heavy (non-hydrogen) atoms. The quantitative estimate of drug-likeness (QED) is 0.246. The molecule has 0 aliphatic heterocycles. The number of halogens is 1. The summed E-state index contributed by atoms with van der Waals surface area (Å²) in [6.07, 6.45) is 1.23. The van der Waals surface area contributed by atoms with E-state index in [2.05, 4.69) is 15.3 Å². The molecule has 198 valence electrons. The number of methoxy groups -OCH3 is 2. The van der Waals surface area contributed by atoms with Gasteiger partial charge in [0.2, 0.25) is 5.88 Å². The predicted octanol–water partition coefficient (Wildman–Crippen LogP) is 6.21. The van der Waals surface area contributed by atoms with E-state index in [9.17, 15) is 9.18 Å². The molecule has 3 aromatic carbocycles. The average molecular weight is 522 g/mol. The summed E-state index contributed by atoms with van der Waals surface area (Å²) in [5, 5.41) is 3.40. The molecule has 0 fully saturated rings. The first-order chi connectivity index (χ1) is 18.4. The van der Waals surface area contributed by atoms with Crippen molar-refractivity contribution in [2.75, 3.05) is 32.8 Å². The highest BCUT2D eigenvalue weighted by Crippen LogP contribution is 2.37. The fraction of sp³-hybridized carbons (Fsp3) is 0.250. The topological polar surface area (TPSA) is 101 Å². The minimum atomic E-state index is -0.602. The van der Waals surface area contributed by atoms with Crippen LogP contribution in [0.4, 0.5) is 14.9 Å². The van der Waals surface area contributed by atoms with Crippen LogP contribution < -0.4 is 24.3 Å². The van der Waals surface area contributed by atoms with Gasteiger partial charge < -0.3 is 23.7 Å². The molecular weight excluding hydrogens is 493 g/mol. The number of nitrogens with zero attached hydrogens (tertiary/aromatic N) is 2. The summed E-state index contributed by atoms with van der Waals surface area (Å²) in [7, 11) is 3.11. The van der Waals surface area contributed by atoms with Gasteiger partial charge in [-0.2, -0.15) is 0 Å². The van der Waals surface area contributed by atoms with Gasteiger partial charge in [0.25, 0.3) is 0 Å². The van der Waals surface area contributed by atoms with Gasteiger partial charge in [0, 0.05) is 18.2 Å². The van der Waals surface area contributed by atoms with Gasteiger partial charge in [0.15, 0.2) is 23.1 Å². The van der Waals surface area contributed by atoms with Crippen LogP contribution in [0.25, 0.3) is 10.9 Å². The molecule has 1 amide bonds. The number of amides is 1. The Morgan fingerprint density at radius 1 is 0.895 bits per heavy atom. The third-order valence-corrected chi connectivity index (χ3v) is 5.90. The smallest absolute Gasteiger partial charge is 0.411 e. The summed E-state index contributed by atoms with van der Waals surface area (Å²) >= 11 is 0. The molecular formula is C28H28FN3O6. The number of ether oxygens (including phenoxy) is 5. The number of nitrogens with one attached hydrogen (secondary N) is 1. The van der Waals surface area contributed by atoms with Gasteiger partial charge in [-0.05, 0) is 55.3 Å². The van der Waals surface area contributed by atoms with Gasteiger partial charge >= 0.3 is 6.09 Å². The molecule has 0 saturated carbocycles. The van der Waals surface area contributed by atoms with Crippen LogP contribution in [0.5, 0.6) is 28.9 Å². The van der Waals surface area contributed by atoms with Gasteiger partial charge in [-0.25, -0.2) is 19.2 Å². The number of carbonyl (C=O) groups is 1. The second-order valence-electron chi connectivity index (χ2n) is 8.26. The molecule has 9 nitrogen and oxygen atoms in total.